The number of carbonyl (C=O) groups excluding carboxylic acids is 1. The molecule has 0 saturated heterocycles. The zero-order valence-electron chi connectivity index (χ0n) is 18.1. The molecule has 1 aromatic heterocycles. The van der Waals surface area contributed by atoms with Crippen molar-refractivity contribution in [3.05, 3.63) is 69.5 Å². The molecule has 168 valence electrons. The van der Waals surface area contributed by atoms with Crippen LogP contribution in [-0.4, -0.2) is 36.5 Å². The molecule has 1 amide bonds. The Bertz CT molecular complexity index is 1130. The quantitative estimate of drug-likeness (QED) is 0.564. The van der Waals surface area contributed by atoms with Gasteiger partial charge in [-0.05, 0) is 36.8 Å². The van der Waals surface area contributed by atoms with Gasteiger partial charge in [-0.1, -0.05) is 29.3 Å². The molecule has 1 atom stereocenters. The Morgan fingerprint density at radius 1 is 1.16 bits per heavy atom. The topological polar surface area (TPSA) is 68.6 Å². The second kappa shape index (κ2) is 9.40. The minimum Gasteiger partial charge on any atom is -0.493 e. The van der Waals surface area contributed by atoms with Crippen molar-refractivity contribution in [1.29, 1.82) is 0 Å². The van der Waals surface area contributed by atoms with E-state index in [-0.39, 0.29) is 11.9 Å². The van der Waals surface area contributed by atoms with E-state index in [9.17, 15) is 4.79 Å². The number of hydrogen-bond donors (Lipinski definition) is 1. The fraction of sp³-hybridized carbons (Fsp3) is 0.304. The Morgan fingerprint density at radius 2 is 1.88 bits per heavy atom. The van der Waals surface area contributed by atoms with E-state index >= 15 is 0 Å². The van der Waals surface area contributed by atoms with Gasteiger partial charge in [0.15, 0.2) is 11.5 Å². The van der Waals surface area contributed by atoms with Crippen LogP contribution in [0.25, 0.3) is 0 Å². The average molecular weight is 475 g/mol. The summed E-state index contributed by atoms with van der Waals surface area (Å²) < 4.78 is 12.4. The van der Waals surface area contributed by atoms with Crippen molar-refractivity contribution in [2.45, 2.75) is 19.0 Å². The molecule has 3 aromatic rings. The van der Waals surface area contributed by atoms with Gasteiger partial charge in [0.25, 0.3) is 5.91 Å². The number of nitrogens with zero attached hydrogens (tertiary/aromatic N) is 3. The van der Waals surface area contributed by atoms with E-state index in [4.69, 9.17) is 32.7 Å². The minimum absolute atomic E-state index is 0.000655. The van der Waals surface area contributed by atoms with E-state index in [1.54, 1.807) is 48.2 Å². The number of halogens is 2. The number of aryl methyl sites for hydroxylation is 1. The zero-order valence-corrected chi connectivity index (χ0v) is 19.6. The highest BCUT2D eigenvalue weighted by Gasteiger charge is 2.32. The van der Waals surface area contributed by atoms with Crippen LogP contribution in [0, 0.1) is 0 Å². The number of aromatic nitrogens is 2. The number of carbonyl (C=O) groups is 1. The molecule has 0 aliphatic carbocycles. The van der Waals surface area contributed by atoms with Crippen molar-refractivity contribution < 1.29 is 14.3 Å². The van der Waals surface area contributed by atoms with Crippen molar-refractivity contribution in [3.8, 4) is 11.5 Å². The Hall–Kier alpha value is -2.74. The van der Waals surface area contributed by atoms with Crippen LogP contribution in [0.3, 0.4) is 0 Å². The van der Waals surface area contributed by atoms with Gasteiger partial charge in [0, 0.05) is 41.3 Å². The number of benzene rings is 2. The van der Waals surface area contributed by atoms with E-state index in [1.165, 1.54) is 0 Å². The lowest BCUT2D eigenvalue weighted by atomic mass is 10.0. The minimum atomic E-state index is -0.118. The summed E-state index contributed by atoms with van der Waals surface area (Å²) in [5, 5.41) is 9.19. The van der Waals surface area contributed by atoms with Crippen LogP contribution in [-0.2, 0) is 13.6 Å². The van der Waals surface area contributed by atoms with Crippen LogP contribution >= 0.6 is 23.2 Å². The summed E-state index contributed by atoms with van der Waals surface area (Å²) in [6, 6.07) is 10.6. The number of anilines is 1. The molecule has 0 fully saturated rings. The molecule has 32 heavy (non-hydrogen) atoms. The number of hydrogen-bond acceptors (Lipinski definition) is 5. The van der Waals surface area contributed by atoms with Gasteiger partial charge in [-0.3, -0.25) is 9.48 Å². The van der Waals surface area contributed by atoms with Gasteiger partial charge < -0.3 is 19.7 Å². The smallest absolute Gasteiger partial charge is 0.258 e. The normalized spacial score (nSPS) is 15.4. The van der Waals surface area contributed by atoms with E-state index in [2.05, 4.69) is 10.4 Å². The van der Waals surface area contributed by atoms with Crippen molar-refractivity contribution in [1.82, 2.24) is 15.1 Å². The largest absolute Gasteiger partial charge is 0.493 e. The highest BCUT2D eigenvalue weighted by Crippen LogP contribution is 2.36. The van der Waals surface area contributed by atoms with Crippen LogP contribution in [0.5, 0.6) is 11.5 Å². The average Bonchev–Trinajstić information content (AvgIpc) is 3.19. The Labute approximate surface area is 196 Å². The van der Waals surface area contributed by atoms with Crippen LogP contribution < -0.4 is 19.7 Å². The summed E-state index contributed by atoms with van der Waals surface area (Å²) >= 11 is 12.6. The number of nitrogens with one attached hydrogen (secondary N) is 1. The van der Waals surface area contributed by atoms with E-state index in [1.807, 2.05) is 25.2 Å². The molecule has 7 nitrogen and oxygen atoms in total. The lowest BCUT2D eigenvalue weighted by Crippen LogP contribution is -2.40. The predicted octanol–water partition coefficient (Wildman–Crippen LogP) is 4.63. The van der Waals surface area contributed by atoms with E-state index < -0.39 is 0 Å². The van der Waals surface area contributed by atoms with Crippen molar-refractivity contribution >= 4 is 34.8 Å². The van der Waals surface area contributed by atoms with Crippen LogP contribution in [0.4, 0.5) is 5.69 Å². The summed E-state index contributed by atoms with van der Waals surface area (Å²) in [5.74, 6) is 0.970. The Kier molecular flexibility index (Phi) is 6.60. The maximum Gasteiger partial charge on any atom is 0.258 e. The standard InChI is InChI=1S/C23H24Cl2N4O3/c1-28-22-18(26-12-15-16(24)5-4-6-17(15)25)9-10-29(19(22)13-27-28)23(30)14-7-8-20(31-2)21(11-14)32-3/h4-8,11,13,18,26H,9-10,12H2,1-3H3. The van der Waals surface area contributed by atoms with Gasteiger partial charge in [-0.25, -0.2) is 0 Å². The number of methoxy groups -OCH3 is 2. The molecule has 0 bridgehead atoms. The summed E-state index contributed by atoms with van der Waals surface area (Å²) in [6.45, 7) is 1.05. The molecule has 0 radical (unpaired) electrons. The second-order valence-electron chi connectivity index (χ2n) is 7.49. The highest BCUT2D eigenvalue weighted by molar-refractivity contribution is 6.35. The van der Waals surface area contributed by atoms with Crippen LogP contribution in [0.1, 0.15) is 34.1 Å². The first kappa shape index (κ1) is 22.5. The predicted molar refractivity (Wildman–Crippen MR) is 125 cm³/mol. The molecule has 0 spiro atoms. The number of ether oxygens (including phenoxy) is 2. The van der Waals surface area contributed by atoms with Gasteiger partial charge in [0.05, 0.1) is 37.8 Å². The van der Waals surface area contributed by atoms with Gasteiger partial charge in [-0.2, -0.15) is 5.10 Å². The number of fused-ring (bicyclic) bond motifs is 1. The number of amides is 1. The van der Waals surface area contributed by atoms with Gasteiger partial charge in [0.2, 0.25) is 0 Å². The van der Waals surface area contributed by atoms with Crippen molar-refractivity contribution in [2.75, 3.05) is 25.7 Å². The molecule has 1 N–H and O–H groups in total. The molecule has 2 aromatic carbocycles. The van der Waals surface area contributed by atoms with Crippen molar-refractivity contribution in [2.24, 2.45) is 7.05 Å². The molecule has 1 aliphatic rings. The van der Waals surface area contributed by atoms with Gasteiger partial charge in [-0.15, -0.1) is 0 Å². The highest BCUT2D eigenvalue weighted by atomic mass is 35.5. The molecule has 1 aliphatic heterocycles. The molecule has 1 unspecified atom stereocenters. The molecule has 4 rings (SSSR count). The Morgan fingerprint density at radius 3 is 2.56 bits per heavy atom. The third-order valence-electron chi connectivity index (χ3n) is 5.69. The second-order valence-corrected chi connectivity index (χ2v) is 8.30. The zero-order chi connectivity index (χ0) is 22.8. The first-order valence-electron chi connectivity index (χ1n) is 10.2. The Balaban J connectivity index is 1.58. The summed E-state index contributed by atoms with van der Waals surface area (Å²) in [5.41, 5.74) is 3.09. The molecule has 0 saturated carbocycles. The monoisotopic (exact) mass is 474 g/mol. The van der Waals surface area contributed by atoms with E-state index in [0.717, 1.165) is 16.9 Å². The van der Waals surface area contributed by atoms with Gasteiger partial charge in [0.1, 0.15) is 0 Å². The SMILES string of the molecule is COc1ccc(C(=O)N2CCC(NCc3c(Cl)cccc3Cl)c3c2cnn3C)cc1OC. The first-order valence-corrected chi connectivity index (χ1v) is 10.9. The van der Waals surface area contributed by atoms with Crippen LogP contribution in [0.2, 0.25) is 10.0 Å². The summed E-state index contributed by atoms with van der Waals surface area (Å²) in [7, 11) is 4.99. The molecule has 2 heterocycles. The third-order valence-corrected chi connectivity index (χ3v) is 6.40. The summed E-state index contributed by atoms with van der Waals surface area (Å²) in [6.07, 6.45) is 2.44. The maximum atomic E-state index is 13.4. The van der Waals surface area contributed by atoms with Crippen molar-refractivity contribution in [3.63, 3.8) is 0 Å². The first-order chi connectivity index (χ1) is 15.4. The fourth-order valence-corrected chi connectivity index (χ4v) is 4.56. The van der Waals surface area contributed by atoms with E-state index in [0.29, 0.717) is 46.6 Å². The summed E-state index contributed by atoms with van der Waals surface area (Å²) in [4.78, 5) is 15.1. The lowest BCUT2D eigenvalue weighted by molar-refractivity contribution is 0.0983. The van der Waals surface area contributed by atoms with Gasteiger partial charge >= 0.3 is 0 Å². The number of rotatable bonds is 6. The van der Waals surface area contributed by atoms with Crippen LogP contribution in [0.15, 0.2) is 42.6 Å². The third kappa shape index (κ3) is 4.16. The molecule has 9 heteroatoms. The maximum absolute atomic E-state index is 13.4. The molecular weight excluding hydrogens is 451 g/mol. The molecular formula is C23H24Cl2N4O3. The fourth-order valence-electron chi connectivity index (χ4n) is 4.02. The lowest BCUT2D eigenvalue weighted by Gasteiger charge is -2.33.